The Bertz CT molecular complexity index is 387. The molecule has 2 atom stereocenters. The first-order chi connectivity index (χ1) is 8.91. The highest BCUT2D eigenvalue weighted by Gasteiger charge is 2.20. The van der Waals surface area contributed by atoms with Gasteiger partial charge >= 0.3 is 5.97 Å². The minimum Gasteiger partial charge on any atom is -0.756 e. The van der Waals surface area contributed by atoms with E-state index in [1.54, 1.807) is 0 Å². The van der Waals surface area contributed by atoms with Gasteiger partial charge in [-0.15, -0.1) is 0 Å². The van der Waals surface area contributed by atoms with Gasteiger partial charge in [-0.05, 0) is 6.92 Å². The second-order valence-electron chi connectivity index (χ2n) is 5.31. The van der Waals surface area contributed by atoms with Crippen LogP contribution in [0, 0.1) is 0 Å². The highest BCUT2D eigenvalue weighted by molar-refractivity contribution is 7.44. The lowest BCUT2D eigenvalue weighted by molar-refractivity contribution is -0.918. The number of phosphoric ester groups is 1. The maximum atomic E-state index is 11.2. The van der Waals surface area contributed by atoms with Crippen molar-refractivity contribution in [2.24, 2.45) is 0 Å². The van der Waals surface area contributed by atoms with Crippen LogP contribution in [0.15, 0.2) is 12.2 Å². The summed E-state index contributed by atoms with van der Waals surface area (Å²) in [6.45, 7) is 4.82. The molecule has 0 aliphatic heterocycles. The van der Waals surface area contributed by atoms with Crippen molar-refractivity contribution in [3.8, 4) is 0 Å². The molecule has 0 saturated carbocycles. The molecule has 8 nitrogen and oxygen atoms in total. The number of ether oxygens (including phenoxy) is 1. The van der Waals surface area contributed by atoms with Gasteiger partial charge in [0.15, 0.2) is 0 Å². The van der Waals surface area contributed by atoms with Crippen molar-refractivity contribution in [1.82, 2.24) is 5.43 Å². The summed E-state index contributed by atoms with van der Waals surface area (Å²) in [7, 11) is 0.737. The molecule has 0 aliphatic rings. The first-order valence-electron chi connectivity index (χ1n) is 6.01. The maximum absolute atomic E-state index is 11.2. The Balaban J connectivity index is 4.35. The third-order valence-electron chi connectivity index (χ3n) is 2.06. The summed E-state index contributed by atoms with van der Waals surface area (Å²) in [4.78, 5) is 30.4. The molecule has 0 rings (SSSR count). The van der Waals surface area contributed by atoms with E-state index in [0.717, 1.165) is 0 Å². The summed E-state index contributed by atoms with van der Waals surface area (Å²) < 4.78 is 20.2. The lowest BCUT2D eigenvalue weighted by Gasteiger charge is -2.30. The molecule has 20 heavy (non-hydrogen) atoms. The maximum Gasteiger partial charge on any atom is 0.333 e. The summed E-state index contributed by atoms with van der Waals surface area (Å²) in [5.41, 5.74) is 3.35. The average Bonchev–Trinajstić information content (AvgIpc) is 2.22. The van der Waals surface area contributed by atoms with Gasteiger partial charge in [0.05, 0.1) is 40.4 Å². The van der Waals surface area contributed by atoms with E-state index in [-0.39, 0.29) is 18.8 Å². The van der Waals surface area contributed by atoms with Gasteiger partial charge in [0.25, 0.3) is 7.82 Å². The van der Waals surface area contributed by atoms with Crippen LogP contribution in [0.5, 0.6) is 0 Å². The molecule has 2 N–H and O–H groups in total. The standard InChI is InChI=1S/C11H23N2O6P/c1-9(2)11(14)18-7-6-10(12-13(3,4)5)8-19-20(15,16)17/h10,12H,1,6-8H2,2-5H3,(H-,15,16,17). The summed E-state index contributed by atoms with van der Waals surface area (Å²) in [5.74, 6) is -0.508. The smallest absolute Gasteiger partial charge is 0.333 e. The van der Waals surface area contributed by atoms with Gasteiger partial charge in [0, 0.05) is 12.0 Å². The Kier molecular flexibility index (Phi) is 7.57. The topological polar surface area (TPSA) is 108 Å². The summed E-state index contributed by atoms with van der Waals surface area (Å²) in [6.07, 6.45) is 0.328. The molecule has 0 heterocycles. The largest absolute Gasteiger partial charge is 0.756 e. The predicted octanol–water partition coefficient (Wildman–Crippen LogP) is -0.447. The normalized spacial score (nSPS) is 16.3. The number of quaternary nitrogens is 1. The van der Waals surface area contributed by atoms with Crippen LogP contribution in [0.3, 0.4) is 0 Å². The molecule has 2 unspecified atom stereocenters. The molecular formula is C11H23N2O6P. The van der Waals surface area contributed by atoms with Crippen LogP contribution in [0.1, 0.15) is 13.3 Å². The Labute approximate surface area is 119 Å². The van der Waals surface area contributed by atoms with Crippen molar-refractivity contribution in [3.05, 3.63) is 12.2 Å². The zero-order chi connectivity index (χ0) is 16.0. The van der Waals surface area contributed by atoms with E-state index in [1.807, 2.05) is 21.1 Å². The molecule has 0 aromatic rings. The Hall–Kier alpha value is -0.760. The average molecular weight is 310 g/mol. The van der Waals surface area contributed by atoms with E-state index >= 15 is 0 Å². The van der Waals surface area contributed by atoms with Crippen molar-refractivity contribution < 1.29 is 33.0 Å². The van der Waals surface area contributed by atoms with Gasteiger partial charge in [0.1, 0.15) is 0 Å². The quantitative estimate of drug-likeness (QED) is 0.195. The van der Waals surface area contributed by atoms with E-state index in [0.29, 0.717) is 11.0 Å². The minimum absolute atomic E-state index is 0.0846. The summed E-state index contributed by atoms with van der Waals surface area (Å²) >= 11 is 0. The Morgan fingerprint density at radius 1 is 1.50 bits per heavy atom. The number of carbonyl (C=O) groups is 1. The molecule has 0 amide bonds. The zero-order valence-corrected chi connectivity index (χ0v) is 13.2. The fraction of sp³-hybridized carbons (Fsp3) is 0.727. The van der Waals surface area contributed by atoms with Crippen molar-refractivity contribution >= 4 is 13.8 Å². The molecule has 118 valence electrons. The molecular weight excluding hydrogens is 287 g/mol. The van der Waals surface area contributed by atoms with E-state index < -0.39 is 19.8 Å². The number of nitrogens with zero attached hydrogens (tertiary/aromatic N) is 1. The third-order valence-corrected chi connectivity index (χ3v) is 2.53. The van der Waals surface area contributed by atoms with Gasteiger partial charge in [-0.1, -0.05) is 6.58 Å². The lowest BCUT2D eigenvalue weighted by Crippen LogP contribution is -2.54. The molecule has 0 bridgehead atoms. The van der Waals surface area contributed by atoms with Crippen LogP contribution >= 0.6 is 7.82 Å². The van der Waals surface area contributed by atoms with Crippen molar-refractivity contribution in [2.45, 2.75) is 19.4 Å². The highest BCUT2D eigenvalue weighted by Crippen LogP contribution is 2.30. The van der Waals surface area contributed by atoms with E-state index in [1.165, 1.54) is 6.92 Å². The van der Waals surface area contributed by atoms with Crippen molar-refractivity contribution in [2.75, 3.05) is 34.4 Å². The van der Waals surface area contributed by atoms with Crippen LogP contribution in [0.2, 0.25) is 0 Å². The fourth-order valence-electron chi connectivity index (χ4n) is 1.33. The van der Waals surface area contributed by atoms with E-state index in [9.17, 15) is 14.3 Å². The van der Waals surface area contributed by atoms with Crippen LogP contribution in [0.25, 0.3) is 0 Å². The first kappa shape index (κ1) is 19.2. The third kappa shape index (κ3) is 11.1. The number of nitrogens with one attached hydrogen (secondary N) is 1. The van der Waals surface area contributed by atoms with Gasteiger partial charge in [0.2, 0.25) is 0 Å². The minimum atomic E-state index is -4.77. The molecule has 9 heteroatoms. The van der Waals surface area contributed by atoms with Crippen LogP contribution in [-0.4, -0.2) is 55.9 Å². The Morgan fingerprint density at radius 2 is 2.05 bits per heavy atom. The van der Waals surface area contributed by atoms with Gasteiger partial charge in [-0.25, -0.2) is 4.79 Å². The van der Waals surface area contributed by atoms with Gasteiger partial charge < -0.3 is 19.0 Å². The summed E-state index contributed by atoms with van der Waals surface area (Å²) in [5, 5.41) is 0. The molecule has 0 fully saturated rings. The SMILES string of the molecule is C=C(C)C(=O)OCCC(COP(=O)([O-])O)N[N+](C)(C)C. The number of carbonyl (C=O) groups excluding carboxylic acids is 1. The van der Waals surface area contributed by atoms with E-state index in [2.05, 4.69) is 16.5 Å². The van der Waals surface area contributed by atoms with E-state index in [4.69, 9.17) is 9.63 Å². The number of hydrogen-bond donors (Lipinski definition) is 2. The van der Waals surface area contributed by atoms with Crippen LogP contribution < -0.4 is 10.3 Å². The van der Waals surface area contributed by atoms with Gasteiger partial charge in [-0.2, -0.15) is 5.43 Å². The molecule has 0 aliphatic carbocycles. The van der Waals surface area contributed by atoms with Crippen LogP contribution in [-0.2, 0) is 18.6 Å². The van der Waals surface area contributed by atoms with Crippen LogP contribution in [0.4, 0.5) is 0 Å². The number of phosphoric acid groups is 1. The lowest BCUT2D eigenvalue weighted by atomic mass is 10.2. The molecule has 0 aromatic carbocycles. The predicted molar refractivity (Wildman–Crippen MR) is 71.1 cm³/mol. The first-order valence-corrected chi connectivity index (χ1v) is 7.50. The van der Waals surface area contributed by atoms with Crippen molar-refractivity contribution in [1.29, 1.82) is 0 Å². The second kappa shape index (κ2) is 7.87. The Morgan fingerprint density at radius 3 is 2.45 bits per heavy atom. The van der Waals surface area contributed by atoms with Gasteiger partial charge in [-0.3, -0.25) is 9.16 Å². The van der Waals surface area contributed by atoms with Crippen molar-refractivity contribution in [3.63, 3.8) is 0 Å². The fourth-order valence-corrected chi connectivity index (χ4v) is 1.70. The molecule has 0 aromatic heterocycles. The summed E-state index contributed by atoms with van der Waals surface area (Å²) in [6, 6.07) is -0.414. The highest BCUT2D eigenvalue weighted by atomic mass is 31.2. The number of hydrogen-bond acceptors (Lipinski definition) is 6. The second-order valence-corrected chi connectivity index (χ2v) is 6.50. The zero-order valence-electron chi connectivity index (χ0n) is 12.3. The molecule has 0 saturated heterocycles. The number of esters is 1. The monoisotopic (exact) mass is 310 g/mol. The molecule has 0 spiro atoms. The molecule has 0 radical (unpaired) electrons. The number of rotatable bonds is 9.